The Morgan fingerprint density at radius 3 is 2.17 bits per heavy atom. The number of carbonyl (C=O) groups is 5. The second-order valence-electron chi connectivity index (χ2n) is 7.55. The Morgan fingerprint density at radius 1 is 1.03 bits per heavy atom. The number of benzene rings is 1. The highest BCUT2D eigenvalue weighted by Crippen LogP contribution is 2.36. The van der Waals surface area contributed by atoms with Gasteiger partial charge in [0.15, 0.2) is 11.9 Å². The van der Waals surface area contributed by atoms with Gasteiger partial charge in [-0.2, -0.15) is 0 Å². The van der Waals surface area contributed by atoms with Gasteiger partial charge in [-0.25, -0.2) is 4.79 Å². The maximum atomic E-state index is 12.6. The average Bonchev–Trinajstić information content (AvgIpc) is 2.98. The third-order valence-corrected chi connectivity index (χ3v) is 5.50. The van der Waals surface area contributed by atoms with E-state index < -0.39 is 35.9 Å². The quantitative estimate of drug-likeness (QED) is 0.332. The van der Waals surface area contributed by atoms with Gasteiger partial charge >= 0.3 is 5.97 Å². The number of imide groups is 1. The molecule has 2 aliphatic rings. The average molecular weight is 412 g/mol. The Labute approximate surface area is 174 Å². The monoisotopic (exact) mass is 412 g/mol. The predicted molar refractivity (Wildman–Crippen MR) is 107 cm³/mol. The van der Waals surface area contributed by atoms with Gasteiger partial charge in [-0.1, -0.05) is 24.3 Å². The zero-order valence-corrected chi connectivity index (χ0v) is 17.1. The van der Waals surface area contributed by atoms with Gasteiger partial charge in [-0.15, -0.1) is 0 Å². The number of amides is 3. The van der Waals surface area contributed by atoms with Crippen LogP contribution in [0, 0.1) is 11.8 Å². The second kappa shape index (κ2) is 8.61. The fourth-order valence-corrected chi connectivity index (χ4v) is 3.77. The lowest BCUT2D eigenvalue weighted by Gasteiger charge is -2.23. The molecule has 8 heteroatoms. The molecule has 0 bridgehead atoms. The summed E-state index contributed by atoms with van der Waals surface area (Å²) in [6.07, 6.45) is 3.49. The number of rotatable bonds is 6. The van der Waals surface area contributed by atoms with Crippen LogP contribution in [0.25, 0.3) is 0 Å². The maximum Gasteiger partial charge on any atom is 0.329 e. The number of Topliss-reactive ketones (excluding diaryl/α,β-unsaturated/α-hetero) is 1. The van der Waals surface area contributed by atoms with E-state index in [-0.39, 0.29) is 17.6 Å². The lowest BCUT2D eigenvalue weighted by molar-refractivity contribution is -0.163. The highest BCUT2D eigenvalue weighted by Gasteiger charge is 2.50. The molecule has 1 saturated heterocycles. The molecule has 0 radical (unpaired) electrons. The second-order valence-corrected chi connectivity index (χ2v) is 7.55. The fraction of sp³-hybridized carbons (Fsp3) is 0.409. The smallest absolute Gasteiger partial charge is 0.329 e. The highest BCUT2D eigenvalue weighted by atomic mass is 16.5. The van der Waals surface area contributed by atoms with E-state index in [0.29, 0.717) is 24.1 Å². The van der Waals surface area contributed by atoms with Crippen LogP contribution in [-0.2, 0) is 23.9 Å². The van der Waals surface area contributed by atoms with Crippen LogP contribution in [0.3, 0.4) is 0 Å². The van der Waals surface area contributed by atoms with Crippen molar-refractivity contribution in [2.45, 2.75) is 45.8 Å². The van der Waals surface area contributed by atoms with E-state index in [2.05, 4.69) is 5.32 Å². The zero-order chi connectivity index (χ0) is 22.0. The normalized spacial score (nSPS) is 22.3. The van der Waals surface area contributed by atoms with Crippen molar-refractivity contribution in [2.75, 3.05) is 5.32 Å². The number of hydrogen-bond acceptors (Lipinski definition) is 6. The molecule has 3 rings (SSSR count). The Hall–Kier alpha value is -3.29. The summed E-state index contributed by atoms with van der Waals surface area (Å²) in [5.41, 5.74) is 0.648. The number of carbonyl (C=O) groups excluding carboxylic acids is 5. The number of ketones is 1. The molecule has 1 aliphatic carbocycles. The standard InChI is InChI=1S/C22H24N2O6/c1-12(24-20(27)16-9-4-5-10-17(16)21(24)28)22(29)30-14(3)19(26)23-18-11-7-6-8-15(18)13(2)25/h4-8,11-12,14,16-17H,9-10H2,1-3H3,(H,23,26)/t12-,14+,16-,17-/m0/s1. The molecule has 0 aromatic heterocycles. The molecule has 8 nitrogen and oxygen atoms in total. The molecule has 1 aliphatic heterocycles. The summed E-state index contributed by atoms with van der Waals surface area (Å²) in [6.45, 7) is 4.18. The van der Waals surface area contributed by atoms with E-state index in [9.17, 15) is 24.0 Å². The van der Waals surface area contributed by atoms with Crippen molar-refractivity contribution in [2.24, 2.45) is 11.8 Å². The van der Waals surface area contributed by atoms with Gasteiger partial charge in [0.05, 0.1) is 17.5 Å². The van der Waals surface area contributed by atoms with Crippen LogP contribution < -0.4 is 5.32 Å². The third-order valence-electron chi connectivity index (χ3n) is 5.50. The SMILES string of the molecule is CC(=O)c1ccccc1NC(=O)[C@@H](C)OC(=O)[C@H](C)N1C(=O)[C@H]2CC=CC[C@@H]2C1=O. The first-order valence-corrected chi connectivity index (χ1v) is 9.85. The van der Waals surface area contributed by atoms with Crippen molar-refractivity contribution >= 4 is 35.2 Å². The number of allylic oxidation sites excluding steroid dienone is 2. The summed E-state index contributed by atoms with van der Waals surface area (Å²) in [5, 5.41) is 2.57. The van der Waals surface area contributed by atoms with E-state index in [1.165, 1.54) is 20.8 Å². The van der Waals surface area contributed by atoms with Gasteiger partial charge in [0.25, 0.3) is 5.91 Å². The molecular weight excluding hydrogens is 388 g/mol. The Morgan fingerprint density at radius 2 is 1.60 bits per heavy atom. The lowest BCUT2D eigenvalue weighted by atomic mass is 9.85. The van der Waals surface area contributed by atoms with Gasteiger partial charge in [0, 0.05) is 5.56 Å². The van der Waals surface area contributed by atoms with Crippen molar-refractivity contribution in [3.8, 4) is 0 Å². The van der Waals surface area contributed by atoms with E-state index >= 15 is 0 Å². The van der Waals surface area contributed by atoms with E-state index in [1.54, 1.807) is 24.3 Å². The number of hydrogen-bond donors (Lipinski definition) is 1. The van der Waals surface area contributed by atoms with Gasteiger partial charge in [-0.05, 0) is 45.7 Å². The summed E-state index contributed by atoms with van der Waals surface area (Å²) < 4.78 is 5.21. The predicted octanol–water partition coefficient (Wildman–Crippen LogP) is 2.10. The fourth-order valence-electron chi connectivity index (χ4n) is 3.77. The Bertz CT molecular complexity index is 911. The summed E-state index contributed by atoms with van der Waals surface area (Å²) in [4.78, 5) is 62.9. The van der Waals surface area contributed by atoms with Crippen LogP contribution >= 0.6 is 0 Å². The summed E-state index contributed by atoms with van der Waals surface area (Å²) in [7, 11) is 0. The number of fused-ring (bicyclic) bond motifs is 1. The van der Waals surface area contributed by atoms with E-state index in [1.807, 2.05) is 12.2 Å². The molecule has 0 saturated carbocycles. The molecule has 1 fully saturated rings. The maximum absolute atomic E-state index is 12.6. The summed E-state index contributed by atoms with van der Waals surface area (Å²) >= 11 is 0. The summed E-state index contributed by atoms with van der Waals surface area (Å²) in [5.74, 6) is -3.33. The van der Waals surface area contributed by atoms with Crippen LogP contribution in [0.4, 0.5) is 5.69 Å². The first kappa shape index (κ1) is 21.4. The number of para-hydroxylation sites is 1. The highest BCUT2D eigenvalue weighted by molar-refractivity contribution is 6.08. The van der Waals surface area contributed by atoms with Gasteiger partial charge in [0.1, 0.15) is 6.04 Å². The molecule has 158 valence electrons. The van der Waals surface area contributed by atoms with Crippen molar-refractivity contribution in [3.05, 3.63) is 42.0 Å². The minimum Gasteiger partial charge on any atom is -0.451 e. The Kier molecular flexibility index (Phi) is 6.14. The van der Waals surface area contributed by atoms with Gasteiger partial charge < -0.3 is 10.1 Å². The van der Waals surface area contributed by atoms with Crippen LogP contribution in [0.1, 0.15) is 44.0 Å². The molecule has 3 amide bonds. The van der Waals surface area contributed by atoms with Crippen molar-refractivity contribution < 1.29 is 28.7 Å². The molecule has 1 aromatic carbocycles. The molecule has 1 N–H and O–H groups in total. The number of anilines is 1. The Balaban J connectivity index is 1.64. The lowest BCUT2D eigenvalue weighted by Crippen LogP contribution is -2.46. The van der Waals surface area contributed by atoms with Crippen LogP contribution in [0.15, 0.2) is 36.4 Å². The summed E-state index contributed by atoms with van der Waals surface area (Å²) in [6, 6.07) is 5.36. The van der Waals surface area contributed by atoms with Gasteiger partial charge in [0.2, 0.25) is 11.8 Å². The van der Waals surface area contributed by atoms with Gasteiger partial charge in [-0.3, -0.25) is 24.1 Å². The molecular formula is C22H24N2O6. The molecule has 30 heavy (non-hydrogen) atoms. The number of esters is 1. The molecule has 0 spiro atoms. The van der Waals surface area contributed by atoms with Crippen molar-refractivity contribution in [1.29, 1.82) is 0 Å². The van der Waals surface area contributed by atoms with Crippen LogP contribution in [0.2, 0.25) is 0 Å². The third kappa shape index (κ3) is 4.03. The molecule has 1 aromatic rings. The minimum absolute atomic E-state index is 0.216. The zero-order valence-electron chi connectivity index (χ0n) is 17.1. The minimum atomic E-state index is -1.18. The number of nitrogens with one attached hydrogen (secondary N) is 1. The first-order chi connectivity index (χ1) is 14.2. The van der Waals surface area contributed by atoms with Crippen molar-refractivity contribution in [1.82, 2.24) is 4.90 Å². The van der Waals surface area contributed by atoms with E-state index in [0.717, 1.165) is 4.90 Å². The largest absolute Gasteiger partial charge is 0.451 e. The molecule has 0 unspecified atom stereocenters. The van der Waals surface area contributed by atoms with Crippen LogP contribution in [0.5, 0.6) is 0 Å². The molecule has 4 atom stereocenters. The van der Waals surface area contributed by atoms with Crippen LogP contribution in [-0.4, -0.2) is 46.5 Å². The van der Waals surface area contributed by atoms with E-state index in [4.69, 9.17) is 4.74 Å². The number of likely N-dealkylation sites (tertiary alicyclic amines) is 1. The number of ether oxygens (including phenoxy) is 1. The first-order valence-electron chi connectivity index (χ1n) is 9.85. The van der Waals surface area contributed by atoms with Crippen molar-refractivity contribution in [3.63, 3.8) is 0 Å². The topological polar surface area (TPSA) is 110 Å². The number of nitrogens with zero attached hydrogens (tertiary/aromatic N) is 1. The molecule has 1 heterocycles.